The molecule has 6 heteroatoms. The van der Waals surface area contributed by atoms with Crippen LogP contribution < -0.4 is 5.32 Å². The van der Waals surface area contributed by atoms with Crippen LogP contribution in [0.5, 0.6) is 0 Å². The van der Waals surface area contributed by atoms with Crippen molar-refractivity contribution in [2.75, 3.05) is 11.5 Å². The van der Waals surface area contributed by atoms with Gasteiger partial charge in [-0.3, -0.25) is 4.79 Å². The van der Waals surface area contributed by atoms with Crippen molar-refractivity contribution in [3.63, 3.8) is 0 Å². The van der Waals surface area contributed by atoms with Crippen molar-refractivity contribution in [2.45, 2.75) is 25.3 Å². The molecule has 1 aromatic rings. The first-order valence-electron chi connectivity index (χ1n) is 6.01. The van der Waals surface area contributed by atoms with Gasteiger partial charge in [0.25, 0.3) is 5.91 Å². The number of rotatable bonds is 2. The number of carbonyl (C=O) groups excluding carboxylic acids is 1. The van der Waals surface area contributed by atoms with Crippen LogP contribution in [-0.2, 0) is 9.84 Å². The molecule has 1 N–H and O–H groups in total. The van der Waals surface area contributed by atoms with Gasteiger partial charge in [-0.15, -0.1) is 11.6 Å². The summed E-state index contributed by atoms with van der Waals surface area (Å²) in [5, 5.41) is 2.16. The van der Waals surface area contributed by atoms with Crippen molar-refractivity contribution >= 4 is 27.3 Å². The fourth-order valence-electron chi connectivity index (χ4n) is 2.16. The lowest BCUT2D eigenvalue weighted by molar-refractivity contribution is 0.0941. The van der Waals surface area contributed by atoms with E-state index in [9.17, 15) is 13.2 Å². The summed E-state index contributed by atoms with van der Waals surface area (Å²) in [5.74, 6) is -0.432. The molecule has 2 atom stereocenters. The number of alkyl halides is 1. The van der Waals surface area contributed by atoms with Gasteiger partial charge in [-0.2, -0.15) is 0 Å². The molecule has 2 unspecified atom stereocenters. The Kier molecular flexibility index (Phi) is 3.87. The van der Waals surface area contributed by atoms with Gasteiger partial charge in [0, 0.05) is 5.56 Å². The summed E-state index contributed by atoms with van der Waals surface area (Å²) in [7, 11) is -3.14. The number of benzene rings is 1. The minimum absolute atomic E-state index is 0.0771. The number of halogens is 1. The molecular formula is C13H16ClNO3S. The molecule has 0 radical (unpaired) electrons. The van der Waals surface area contributed by atoms with Crippen LogP contribution in [-0.4, -0.2) is 37.2 Å². The van der Waals surface area contributed by atoms with Crippen molar-refractivity contribution in [1.29, 1.82) is 0 Å². The summed E-state index contributed by atoms with van der Waals surface area (Å²) in [6.07, 6.45) is 0. The van der Waals surface area contributed by atoms with Crippen LogP contribution in [0.15, 0.2) is 18.2 Å². The van der Waals surface area contributed by atoms with E-state index in [0.717, 1.165) is 11.1 Å². The average molecular weight is 302 g/mol. The Morgan fingerprint density at radius 1 is 1.32 bits per heavy atom. The van der Waals surface area contributed by atoms with Gasteiger partial charge in [0.15, 0.2) is 9.84 Å². The Bertz CT molecular complexity index is 612. The first kappa shape index (κ1) is 14.3. The van der Waals surface area contributed by atoms with E-state index < -0.39 is 21.3 Å². The summed E-state index contributed by atoms with van der Waals surface area (Å²) in [6, 6.07) is 5.07. The van der Waals surface area contributed by atoms with Gasteiger partial charge in [0.05, 0.1) is 22.9 Å². The Morgan fingerprint density at radius 2 is 2.00 bits per heavy atom. The molecule has 0 aromatic heterocycles. The highest BCUT2D eigenvalue weighted by Gasteiger charge is 2.37. The second-order valence-corrected chi connectivity index (χ2v) is 7.71. The van der Waals surface area contributed by atoms with Crippen LogP contribution in [0.3, 0.4) is 0 Å². The zero-order chi connectivity index (χ0) is 14.2. The maximum atomic E-state index is 12.2. The SMILES string of the molecule is Cc1ccc(C)c(C(=O)NC2CS(=O)(=O)CC2Cl)c1. The van der Waals surface area contributed by atoms with Crippen molar-refractivity contribution in [1.82, 2.24) is 5.32 Å². The summed E-state index contributed by atoms with van der Waals surface area (Å²) in [5.41, 5.74) is 2.40. The van der Waals surface area contributed by atoms with Crippen LogP contribution in [0.25, 0.3) is 0 Å². The van der Waals surface area contributed by atoms with E-state index in [2.05, 4.69) is 5.32 Å². The second kappa shape index (κ2) is 5.13. The van der Waals surface area contributed by atoms with Crippen LogP contribution in [0.4, 0.5) is 0 Å². The fraction of sp³-hybridized carbons (Fsp3) is 0.462. The summed E-state index contributed by atoms with van der Waals surface area (Å²) < 4.78 is 22.9. The van der Waals surface area contributed by atoms with Gasteiger partial charge in [-0.05, 0) is 25.5 Å². The molecule has 1 aliphatic rings. The van der Waals surface area contributed by atoms with Crippen LogP contribution >= 0.6 is 11.6 Å². The average Bonchev–Trinajstić information content (AvgIpc) is 2.55. The van der Waals surface area contributed by atoms with E-state index in [1.807, 2.05) is 26.0 Å². The molecule has 104 valence electrons. The molecule has 0 saturated carbocycles. The van der Waals surface area contributed by atoms with Crippen LogP contribution in [0.2, 0.25) is 0 Å². The molecule has 4 nitrogen and oxygen atoms in total. The van der Waals surface area contributed by atoms with E-state index in [1.54, 1.807) is 6.07 Å². The molecule has 0 aliphatic carbocycles. The quantitative estimate of drug-likeness (QED) is 0.841. The zero-order valence-corrected chi connectivity index (χ0v) is 12.4. The Morgan fingerprint density at radius 3 is 2.58 bits per heavy atom. The minimum Gasteiger partial charge on any atom is -0.347 e. The maximum absolute atomic E-state index is 12.2. The molecule has 1 amide bonds. The second-order valence-electron chi connectivity index (χ2n) is 4.99. The van der Waals surface area contributed by atoms with Gasteiger partial charge in [0.2, 0.25) is 0 Å². The van der Waals surface area contributed by atoms with Gasteiger partial charge >= 0.3 is 0 Å². The van der Waals surface area contributed by atoms with Crippen LogP contribution in [0, 0.1) is 13.8 Å². The third-order valence-electron chi connectivity index (χ3n) is 3.24. The third-order valence-corrected chi connectivity index (χ3v) is 5.61. The number of aryl methyl sites for hydroxylation is 2. The monoisotopic (exact) mass is 301 g/mol. The summed E-state index contributed by atoms with van der Waals surface area (Å²) in [4.78, 5) is 12.2. The topological polar surface area (TPSA) is 63.2 Å². The maximum Gasteiger partial charge on any atom is 0.251 e. The van der Waals surface area contributed by atoms with Crippen molar-refractivity contribution in [3.8, 4) is 0 Å². The number of amides is 1. The molecule has 1 heterocycles. The van der Waals surface area contributed by atoms with Crippen molar-refractivity contribution < 1.29 is 13.2 Å². The van der Waals surface area contributed by atoms with E-state index in [0.29, 0.717) is 5.56 Å². The van der Waals surface area contributed by atoms with Crippen molar-refractivity contribution in [2.24, 2.45) is 0 Å². The number of nitrogens with one attached hydrogen (secondary N) is 1. The largest absolute Gasteiger partial charge is 0.347 e. The first-order chi connectivity index (χ1) is 8.78. The summed E-state index contributed by atoms with van der Waals surface area (Å²) in [6.45, 7) is 3.75. The minimum atomic E-state index is -3.14. The number of carbonyl (C=O) groups is 1. The number of hydrogen-bond acceptors (Lipinski definition) is 3. The summed E-state index contributed by atoms with van der Waals surface area (Å²) >= 11 is 5.97. The fourth-order valence-corrected chi connectivity index (χ4v) is 4.71. The molecule has 0 spiro atoms. The molecule has 19 heavy (non-hydrogen) atoms. The third kappa shape index (κ3) is 3.28. The highest BCUT2D eigenvalue weighted by Crippen LogP contribution is 2.19. The van der Waals surface area contributed by atoms with Gasteiger partial charge in [-0.25, -0.2) is 8.42 Å². The smallest absolute Gasteiger partial charge is 0.251 e. The highest BCUT2D eigenvalue weighted by molar-refractivity contribution is 7.91. The van der Waals surface area contributed by atoms with Gasteiger partial charge in [-0.1, -0.05) is 17.7 Å². The molecule has 0 bridgehead atoms. The highest BCUT2D eigenvalue weighted by atomic mass is 35.5. The number of hydrogen-bond donors (Lipinski definition) is 1. The Labute approximate surface area is 118 Å². The lowest BCUT2D eigenvalue weighted by Gasteiger charge is -2.15. The lowest BCUT2D eigenvalue weighted by Crippen LogP contribution is -2.40. The Hall–Kier alpha value is -1.07. The van der Waals surface area contributed by atoms with Gasteiger partial charge in [0.1, 0.15) is 0 Å². The predicted molar refractivity (Wildman–Crippen MR) is 75.5 cm³/mol. The molecule has 1 aromatic carbocycles. The van der Waals surface area contributed by atoms with E-state index in [4.69, 9.17) is 11.6 Å². The van der Waals surface area contributed by atoms with Crippen molar-refractivity contribution in [3.05, 3.63) is 34.9 Å². The normalized spacial score (nSPS) is 25.2. The first-order valence-corrected chi connectivity index (χ1v) is 8.27. The molecule has 1 saturated heterocycles. The standard InChI is InChI=1S/C13H16ClNO3S/c1-8-3-4-9(2)10(5-8)13(16)15-12-7-19(17,18)6-11(12)14/h3-5,11-12H,6-7H2,1-2H3,(H,15,16). The molecular weight excluding hydrogens is 286 g/mol. The van der Waals surface area contributed by atoms with E-state index >= 15 is 0 Å². The Balaban J connectivity index is 2.16. The zero-order valence-electron chi connectivity index (χ0n) is 10.8. The number of sulfone groups is 1. The molecule has 2 rings (SSSR count). The predicted octanol–water partition coefficient (Wildman–Crippen LogP) is 1.44. The van der Waals surface area contributed by atoms with E-state index in [1.165, 1.54) is 0 Å². The van der Waals surface area contributed by atoms with Crippen LogP contribution in [0.1, 0.15) is 21.5 Å². The van der Waals surface area contributed by atoms with E-state index in [-0.39, 0.29) is 17.4 Å². The van der Waals surface area contributed by atoms with Gasteiger partial charge < -0.3 is 5.32 Å². The molecule has 1 aliphatic heterocycles. The molecule has 1 fully saturated rings. The lowest BCUT2D eigenvalue weighted by atomic mass is 10.0.